The molecule has 1 saturated heterocycles. The van der Waals surface area contributed by atoms with Crippen molar-refractivity contribution in [3.63, 3.8) is 0 Å². The summed E-state index contributed by atoms with van der Waals surface area (Å²) in [7, 11) is 0. The summed E-state index contributed by atoms with van der Waals surface area (Å²) in [6, 6.07) is 12.1. The molecule has 1 N–H and O–H groups in total. The normalized spacial score (nSPS) is 20.8. The molecule has 0 saturated carbocycles. The van der Waals surface area contributed by atoms with E-state index in [1.165, 1.54) is 37.9 Å². The van der Waals surface area contributed by atoms with Gasteiger partial charge in [0.05, 0.1) is 0 Å². The van der Waals surface area contributed by atoms with Crippen molar-refractivity contribution in [2.24, 2.45) is 5.92 Å². The lowest BCUT2D eigenvalue weighted by atomic mass is 9.89. The number of benzene rings is 1. The van der Waals surface area contributed by atoms with Gasteiger partial charge in [-0.3, -0.25) is 4.90 Å². The summed E-state index contributed by atoms with van der Waals surface area (Å²) in [5.74, 6) is 0.848. The first-order valence-electron chi connectivity index (χ1n) is 8.24. The highest BCUT2D eigenvalue weighted by atomic mass is 15.2. The smallest absolute Gasteiger partial charge is 0.0319 e. The average Bonchev–Trinajstić information content (AvgIpc) is 2.53. The molecular weight excluding hydrogens is 244 g/mol. The van der Waals surface area contributed by atoms with Gasteiger partial charge in [-0.15, -0.1) is 0 Å². The fraction of sp³-hybridized carbons (Fsp3) is 0.667. The maximum atomic E-state index is 3.66. The Kier molecular flexibility index (Phi) is 6.06. The Bertz CT molecular complexity index is 368. The number of nitrogens with one attached hydrogen (secondary N) is 1. The number of likely N-dealkylation sites (tertiary alicyclic amines) is 1. The van der Waals surface area contributed by atoms with Gasteiger partial charge >= 0.3 is 0 Å². The van der Waals surface area contributed by atoms with Crippen molar-refractivity contribution < 1.29 is 0 Å². The molecule has 0 aromatic heterocycles. The molecule has 1 aliphatic heterocycles. The second kappa shape index (κ2) is 7.80. The van der Waals surface area contributed by atoms with Crippen molar-refractivity contribution in [2.45, 2.75) is 52.1 Å². The molecule has 1 aromatic carbocycles. The van der Waals surface area contributed by atoms with Crippen molar-refractivity contribution in [1.82, 2.24) is 10.2 Å². The quantitative estimate of drug-likeness (QED) is 0.847. The van der Waals surface area contributed by atoms with Crippen molar-refractivity contribution in [3.8, 4) is 0 Å². The molecule has 0 bridgehead atoms. The zero-order valence-electron chi connectivity index (χ0n) is 13.3. The van der Waals surface area contributed by atoms with E-state index in [0.29, 0.717) is 12.1 Å². The van der Waals surface area contributed by atoms with Crippen LogP contribution in [-0.2, 0) is 0 Å². The molecule has 2 heteroatoms. The van der Waals surface area contributed by atoms with E-state index in [1.54, 1.807) is 0 Å². The molecule has 1 heterocycles. The zero-order chi connectivity index (χ0) is 14.4. The summed E-state index contributed by atoms with van der Waals surface area (Å²) in [6.07, 6.45) is 3.89. The van der Waals surface area contributed by atoms with Gasteiger partial charge in [0, 0.05) is 12.1 Å². The Labute approximate surface area is 124 Å². The number of nitrogens with zero attached hydrogens (tertiary/aromatic N) is 1. The highest BCUT2D eigenvalue weighted by Gasteiger charge is 2.26. The van der Waals surface area contributed by atoms with Crippen molar-refractivity contribution in [3.05, 3.63) is 35.9 Å². The number of rotatable bonds is 6. The van der Waals surface area contributed by atoms with Gasteiger partial charge < -0.3 is 5.32 Å². The topological polar surface area (TPSA) is 15.3 Å². The van der Waals surface area contributed by atoms with Crippen LogP contribution in [0.5, 0.6) is 0 Å². The van der Waals surface area contributed by atoms with Crippen LogP contribution in [0.2, 0.25) is 0 Å². The van der Waals surface area contributed by atoms with Gasteiger partial charge in [0.25, 0.3) is 0 Å². The summed E-state index contributed by atoms with van der Waals surface area (Å²) in [4.78, 5) is 2.64. The Morgan fingerprint density at radius 1 is 1.15 bits per heavy atom. The molecular formula is C18H30N2. The summed E-state index contributed by atoms with van der Waals surface area (Å²) in [6.45, 7) is 10.6. The van der Waals surface area contributed by atoms with E-state index in [9.17, 15) is 0 Å². The lowest BCUT2D eigenvalue weighted by Crippen LogP contribution is -2.42. The highest BCUT2D eigenvalue weighted by molar-refractivity contribution is 5.18. The fourth-order valence-electron chi connectivity index (χ4n) is 3.29. The molecule has 20 heavy (non-hydrogen) atoms. The minimum atomic E-state index is 0.552. The minimum absolute atomic E-state index is 0.552. The zero-order valence-corrected chi connectivity index (χ0v) is 13.3. The van der Waals surface area contributed by atoms with Gasteiger partial charge in [-0.05, 0) is 64.2 Å². The largest absolute Gasteiger partial charge is 0.314 e. The van der Waals surface area contributed by atoms with E-state index >= 15 is 0 Å². The summed E-state index contributed by atoms with van der Waals surface area (Å²) >= 11 is 0. The maximum Gasteiger partial charge on any atom is 0.0319 e. The summed E-state index contributed by atoms with van der Waals surface area (Å²) < 4.78 is 0. The SMILES string of the molecule is CCCNC(C)C1CCN(C(C)c2ccccc2)CC1. The van der Waals surface area contributed by atoms with Gasteiger partial charge in [-0.1, -0.05) is 37.3 Å². The third kappa shape index (κ3) is 4.07. The van der Waals surface area contributed by atoms with E-state index < -0.39 is 0 Å². The monoisotopic (exact) mass is 274 g/mol. The Morgan fingerprint density at radius 3 is 2.40 bits per heavy atom. The first-order valence-corrected chi connectivity index (χ1v) is 8.24. The maximum absolute atomic E-state index is 3.66. The molecule has 1 aromatic rings. The number of piperidine rings is 1. The Morgan fingerprint density at radius 2 is 1.80 bits per heavy atom. The van der Waals surface area contributed by atoms with Crippen LogP contribution >= 0.6 is 0 Å². The van der Waals surface area contributed by atoms with Crippen molar-refractivity contribution in [2.75, 3.05) is 19.6 Å². The van der Waals surface area contributed by atoms with Gasteiger partial charge in [-0.25, -0.2) is 0 Å². The second-order valence-electron chi connectivity index (χ2n) is 6.20. The van der Waals surface area contributed by atoms with Crippen LogP contribution in [0.4, 0.5) is 0 Å². The summed E-state index contributed by atoms with van der Waals surface area (Å²) in [5.41, 5.74) is 1.45. The molecule has 0 aliphatic carbocycles. The van der Waals surface area contributed by atoms with Gasteiger partial charge in [0.2, 0.25) is 0 Å². The summed E-state index contributed by atoms with van der Waals surface area (Å²) in [5, 5.41) is 3.66. The average molecular weight is 274 g/mol. The molecule has 2 nitrogen and oxygen atoms in total. The van der Waals surface area contributed by atoms with Crippen LogP contribution < -0.4 is 5.32 Å². The standard InChI is InChI=1S/C18H30N2/c1-4-12-19-15(2)17-10-13-20(14-11-17)16(3)18-8-6-5-7-9-18/h5-9,15-17,19H,4,10-14H2,1-3H3. The van der Waals surface area contributed by atoms with Crippen LogP contribution in [0.3, 0.4) is 0 Å². The predicted molar refractivity (Wildman–Crippen MR) is 86.9 cm³/mol. The molecule has 112 valence electrons. The van der Waals surface area contributed by atoms with Gasteiger partial charge in [0.15, 0.2) is 0 Å². The van der Waals surface area contributed by atoms with E-state index in [0.717, 1.165) is 12.5 Å². The van der Waals surface area contributed by atoms with Gasteiger partial charge in [0.1, 0.15) is 0 Å². The second-order valence-corrected chi connectivity index (χ2v) is 6.20. The third-order valence-electron chi connectivity index (χ3n) is 4.83. The molecule has 1 fully saturated rings. The highest BCUT2D eigenvalue weighted by Crippen LogP contribution is 2.27. The predicted octanol–water partition coefficient (Wildman–Crippen LogP) is 3.85. The van der Waals surface area contributed by atoms with Crippen LogP contribution in [-0.4, -0.2) is 30.6 Å². The first kappa shape index (κ1) is 15.5. The third-order valence-corrected chi connectivity index (χ3v) is 4.83. The lowest BCUT2D eigenvalue weighted by molar-refractivity contribution is 0.126. The van der Waals surface area contributed by atoms with Crippen molar-refractivity contribution >= 4 is 0 Å². The Hall–Kier alpha value is -0.860. The van der Waals surface area contributed by atoms with E-state index in [1.807, 2.05) is 0 Å². The lowest BCUT2D eigenvalue weighted by Gasteiger charge is -2.38. The van der Waals surface area contributed by atoms with E-state index in [4.69, 9.17) is 0 Å². The van der Waals surface area contributed by atoms with Crippen LogP contribution in [0.15, 0.2) is 30.3 Å². The Balaban J connectivity index is 1.82. The van der Waals surface area contributed by atoms with Crippen molar-refractivity contribution in [1.29, 1.82) is 0 Å². The molecule has 1 aliphatic rings. The number of hydrogen-bond donors (Lipinski definition) is 1. The fourth-order valence-corrected chi connectivity index (χ4v) is 3.29. The van der Waals surface area contributed by atoms with Crippen LogP contribution in [0.1, 0.15) is 51.6 Å². The molecule has 0 spiro atoms. The minimum Gasteiger partial charge on any atom is -0.314 e. The van der Waals surface area contributed by atoms with E-state index in [-0.39, 0.29) is 0 Å². The molecule has 0 amide bonds. The molecule has 2 atom stereocenters. The van der Waals surface area contributed by atoms with E-state index in [2.05, 4.69) is 61.3 Å². The van der Waals surface area contributed by atoms with Gasteiger partial charge in [-0.2, -0.15) is 0 Å². The molecule has 0 radical (unpaired) electrons. The van der Waals surface area contributed by atoms with Crippen LogP contribution in [0.25, 0.3) is 0 Å². The van der Waals surface area contributed by atoms with Crippen LogP contribution in [0, 0.1) is 5.92 Å². The first-order chi connectivity index (χ1) is 9.72. The molecule has 2 unspecified atom stereocenters. The molecule has 2 rings (SSSR count). The number of hydrogen-bond acceptors (Lipinski definition) is 2.